The Labute approximate surface area is 123 Å². The van der Waals surface area contributed by atoms with E-state index >= 15 is 0 Å². The topological polar surface area (TPSA) is 82.2 Å². The first-order chi connectivity index (χ1) is 10.1. The van der Waals surface area contributed by atoms with E-state index in [9.17, 15) is 4.79 Å². The van der Waals surface area contributed by atoms with Gasteiger partial charge in [0, 0.05) is 31.5 Å². The van der Waals surface area contributed by atoms with Crippen molar-refractivity contribution < 1.29 is 9.53 Å². The number of carbonyl (C=O) groups excluding carboxylic acids is 1. The number of nitrogens with zero attached hydrogens (tertiary/aromatic N) is 2. The first kappa shape index (κ1) is 14.9. The monoisotopic (exact) mass is 288 g/mol. The Balaban J connectivity index is 2.00. The summed E-state index contributed by atoms with van der Waals surface area (Å²) in [6.45, 7) is 3.23. The summed E-state index contributed by atoms with van der Waals surface area (Å²) in [6.07, 6.45) is 4.41. The van der Waals surface area contributed by atoms with Gasteiger partial charge in [0.15, 0.2) is 0 Å². The largest absolute Gasteiger partial charge is 0.481 e. The van der Waals surface area contributed by atoms with Gasteiger partial charge in [0.25, 0.3) is 5.91 Å². The lowest BCUT2D eigenvalue weighted by molar-refractivity contribution is 0.0941. The second kappa shape index (κ2) is 6.78. The van der Waals surface area contributed by atoms with Crippen LogP contribution in [-0.4, -0.2) is 22.6 Å². The van der Waals surface area contributed by atoms with E-state index in [1.54, 1.807) is 31.6 Å². The molecular weight excluding hydrogens is 268 g/mol. The second-order valence-corrected chi connectivity index (χ2v) is 4.74. The molecule has 1 amide bonds. The molecule has 0 aliphatic rings. The zero-order chi connectivity index (χ0) is 15.2. The summed E-state index contributed by atoms with van der Waals surface area (Å²) >= 11 is 0. The molecule has 0 atom stereocenters. The number of hydrogen-bond donors (Lipinski definition) is 2. The van der Waals surface area contributed by atoms with Crippen LogP contribution in [0.4, 0.5) is 5.69 Å². The van der Waals surface area contributed by atoms with Crippen LogP contribution in [0.25, 0.3) is 0 Å². The Bertz CT molecular complexity index is 605. The molecule has 21 heavy (non-hydrogen) atoms. The van der Waals surface area contributed by atoms with E-state index in [-0.39, 0.29) is 5.91 Å². The molecule has 0 unspecified atom stereocenters. The lowest BCUT2D eigenvalue weighted by Crippen LogP contribution is -2.25. The molecule has 0 aliphatic heterocycles. The quantitative estimate of drug-likeness (QED) is 0.849. The van der Waals surface area contributed by atoms with E-state index in [2.05, 4.69) is 17.2 Å². The van der Waals surface area contributed by atoms with Crippen LogP contribution in [0.2, 0.25) is 0 Å². The number of methoxy groups -OCH3 is 1. The maximum absolute atomic E-state index is 12.2. The first-order valence-electron chi connectivity index (χ1n) is 6.86. The number of pyridine rings is 1. The molecule has 0 radical (unpaired) electrons. The zero-order valence-corrected chi connectivity index (χ0v) is 12.3. The molecule has 0 spiro atoms. The molecule has 2 rings (SSSR count). The maximum Gasteiger partial charge on any atom is 0.268 e. The number of ether oxygens (including phenoxy) is 1. The fraction of sp³-hybridized carbons (Fsp3) is 0.333. The van der Waals surface area contributed by atoms with Gasteiger partial charge in [-0.2, -0.15) is 0 Å². The SMILES string of the molecule is CCCn1cc(N)cc1C(=O)NCc1ccc(OC)nc1. The van der Waals surface area contributed by atoms with E-state index < -0.39 is 0 Å². The predicted molar refractivity (Wildman–Crippen MR) is 81.1 cm³/mol. The number of aryl methyl sites for hydroxylation is 1. The fourth-order valence-electron chi connectivity index (χ4n) is 2.06. The number of carbonyl (C=O) groups is 1. The molecule has 0 saturated heterocycles. The zero-order valence-electron chi connectivity index (χ0n) is 12.3. The van der Waals surface area contributed by atoms with Crippen LogP contribution in [0, 0.1) is 0 Å². The summed E-state index contributed by atoms with van der Waals surface area (Å²) in [5.41, 5.74) is 7.85. The van der Waals surface area contributed by atoms with Gasteiger partial charge >= 0.3 is 0 Å². The minimum Gasteiger partial charge on any atom is -0.481 e. The standard InChI is InChI=1S/C15H20N4O2/c1-3-6-19-10-12(16)7-13(19)15(20)18-9-11-4-5-14(21-2)17-8-11/h4-5,7-8,10H,3,6,9,16H2,1-2H3,(H,18,20). The van der Waals surface area contributed by atoms with Gasteiger partial charge in [0.1, 0.15) is 5.69 Å². The van der Waals surface area contributed by atoms with Crippen LogP contribution in [0.15, 0.2) is 30.6 Å². The number of nitrogens with one attached hydrogen (secondary N) is 1. The first-order valence-corrected chi connectivity index (χ1v) is 6.86. The third kappa shape index (κ3) is 3.75. The summed E-state index contributed by atoms with van der Waals surface area (Å²) in [6, 6.07) is 5.32. The van der Waals surface area contributed by atoms with Crippen molar-refractivity contribution in [3.8, 4) is 5.88 Å². The molecule has 6 nitrogen and oxygen atoms in total. The lowest BCUT2D eigenvalue weighted by atomic mass is 10.2. The van der Waals surface area contributed by atoms with Crippen LogP contribution in [0.1, 0.15) is 29.4 Å². The number of amides is 1. The third-order valence-corrected chi connectivity index (χ3v) is 3.07. The number of nitrogen functional groups attached to an aromatic ring is 1. The highest BCUT2D eigenvalue weighted by atomic mass is 16.5. The van der Waals surface area contributed by atoms with E-state index in [1.807, 2.05) is 10.6 Å². The van der Waals surface area contributed by atoms with Crippen LogP contribution in [0.5, 0.6) is 5.88 Å². The molecule has 0 saturated carbocycles. The Hall–Kier alpha value is -2.50. The number of hydrogen-bond acceptors (Lipinski definition) is 4. The molecule has 112 valence electrons. The van der Waals surface area contributed by atoms with Gasteiger partial charge in [-0.1, -0.05) is 13.0 Å². The minimum absolute atomic E-state index is 0.143. The second-order valence-electron chi connectivity index (χ2n) is 4.74. The highest BCUT2D eigenvalue weighted by Crippen LogP contribution is 2.12. The summed E-state index contributed by atoms with van der Waals surface area (Å²) in [5, 5.41) is 2.87. The summed E-state index contributed by atoms with van der Waals surface area (Å²) in [5.74, 6) is 0.408. The highest BCUT2D eigenvalue weighted by Gasteiger charge is 2.12. The Kier molecular flexibility index (Phi) is 4.81. The van der Waals surface area contributed by atoms with Crippen LogP contribution < -0.4 is 15.8 Å². The molecule has 0 aromatic carbocycles. The van der Waals surface area contributed by atoms with Crippen molar-refractivity contribution in [1.29, 1.82) is 0 Å². The van der Waals surface area contributed by atoms with Gasteiger partial charge < -0.3 is 20.4 Å². The molecule has 0 fully saturated rings. The number of rotatable bonds is 6. The Morgan fingerprint density at radius 1 is 1.48 bits per heavy atom. The van der Waals surface area contributed by atoms with E-state index in [4.69, 9.17) is 10.5 Å². The summed E-state index contributed by atoms with van der Waals surface area (Å²) in [7, 11) is 1.57. The number of nitrogens with two attached hydrogens (primary N) is 1. The van der Waals surface area contributed by atoms with Gasteiger partial charge in [-0.3, -0.25) is 4.79 Å². The van der Waals surface area contributed by atoms with Crippen molar-refractivity contribution >= 4 is 11.6 Å². The van der Waals surface area contributed by atoms with Gasteiger partial charge in [-0.15, -0.1) is 0 Å². The Morgan fingerprint density at radius 3 is 2.90 bits per heavy atom. The van der Waals surface area contributed by atoms with E-state index in [0.29, 0.717) is 23.8 Å². The van der Waals surface area contributed by atoms with Crippen molar-refractivity contribution in [1.82, 2.24) is 14.9 Å². The maximum atomic E-state index is 12.2. The smallest absolute Gasteiger partial charge is 0.268 e. The van der Waals surface area contributed by atoms with Crippen LogP contribution in [0.3, 0.4) is 0 Å². The predicted octanol–water partition coefficient (Wildman–Crippen LogP) is 1.81. The van der Waals surface area contributed by atoms with Crippen molar-refractivity contribution in [2.45, 2.75) is 26.4 Å². The molecule has 2 heterocycles. The van der Waals surface area contributed by atoms with Gasteiger partial charge in [0.05, 0.1) is 12.8 Å². The summed E-state index contributed by atoms with van der Waals surface area (Å²) in [4.78, 5) is 16.3. The van der Waals surface area contributed by atoms with Crippen LogP contribution in [-0.2, 0) is 13.1 Å². The van der Waals surface area contributed by atoms with Gasteiger partial charge in [-0.25, -0.2) is 4.98 Å². The van der Waals surface area contributed by atoms with Crippen molar-refractivity contribution in [2.75, 3.05) is 12.8 Å². The number of anilines is 1. The minimum atomic E-state index is -0.143. The van der Waals surface area contributed by atoms with Gasteiger partial charge in [0.2, 0.25) is 5.88 Å². The van der Waals surface area contributed by atoms with E-state index in [0.717, 1.165) is 18.5 Å². The van der Waals surface area contributed by atoms with Crippen molar-refractivity contribution in [3.05, 3.63) is 41.9 Å². The molecule has 0 aliphatic carbocycles. The number of aromatic nitrogens is 2. The van der Waals surface area contributed by atoms with Crippen molar-refractivity contribution in [3.63, 3.8) is 0 Å². The fourth-order valence-corrected chi connectivity index (χ4v) is 2.06. The molecule has 2 aromatic rings. The molecule has 6 heteroatoms. The Morgan fingerprint density at radius 2 is 2.29 bits per heavy atom. The molecule has 3 N–H and O–H groups in total. The molecule has 0 bridgehead atoms. The average Bonchev–Trinajstić information content (AvgIpc) is 2.86. The normalized spacial score (nSPS) is 10.4. The van der Waals surface area contributed by atoms with Gasteiger partial charge in [-0.05, 0) is 18.1 Å². The molecular formula is C15H20N4O2. The lowest BCUT2D eigenvalue weighted by Gasteiger charge is -2.08. The van der Waals surface area contributed by atoms with E-state index in [1.165, 1.54) is 0 Å². The average molecular weight is 288 g/mol. The highest BCUT2D eigenvalue weighted by molar-refractivity contribution is 5.93. The van der Waals surface area contributed by atoms with Crippen molar-refractivity contribution in [2.24, 2.45) is 0 Å². The van der Waals surface area contributed by atoms with Crippen LogP contribution >= 0.6 is 0 Å². The third-order valence-electron chi connectivity index (χ3n) is 3.07. The molecule has 2 aromatic heterocycles. The summed E-state index contributed by atoms with van der Waals surface area (Å²) < 4.78 is 6.87.